The maximum Gasteiger partial charge on any atom is 0.228 e. The van der Waals surface area contributed by atoms with Crippen molar-refractivity contribution in [2.75, 3.05) is 0 Å². The smallest absolute Gasteiger partial charge is 0.228 e. The molecule has 3 aromatic heterocycles. The van der Waals surface area contributed by atoms with Crippen molar-refractivity contribution < 1.29 is 4.79 Å². The first-order valence-corrected chi connectivity index (χ1v) is 7.66. The lowest BCUT2D eigenvalue weighted by atomic mass is 10.1. The second-order valence-corrected chi connectivity index (χ2v) is 6.37. The molecule has 1 unspecified atom stereocenters. The zero-order valence-corrected chi connectivity index (χ0v) is 12.9. The lowest BCUT2D eigenvalue weighted by Gasteiger charge is -2.09. The van der Waals surface area contributed by atoms with Gasteiger partial charge in [0.1, 0.15) is 0 Å². The fraction of sp³-hybridized carbons (Fsp3) is 0.214. The van der Waals surface area contributed by atoms with Crippen LogP contribution in [0.25, 0.3) is 5.65 Å². The maximum atomic E-state index is 12.2. The molecule has 7 heteroatoms. The van der Waals surface area contributed by atoms with Crippen LogP contribution in [0.15, 0.2) is 36.5 Å². The molecule has 3 rings (SSSR count). The number of fused-ring (bicyclic) bond motifs is 1. The molecule has 0 aromatic carbocycles. The SMILES string of the molecule is CC(C(=O)NCc1nnc2ccccn12)c1ccc(Cl)s1. The molecular formula is C14H13ClN4OS. The fourth-order valence-electron chi connectivity index (χ4n) is 2.02. The van der Waals surface area contributed by atoms with E-state index in [1.807, 2.05) is 41.8 Å². The van der Waals surface area contributed by atoms with Crippen molar-refractivity contribution in [2.45, 2.75) is 19.4 Å². The van der Waals surface area contributed by atoms with Gasteiger partial charge < -0.3 is 5.32 Å². The van der Waals surface area contributed by atoms with Crippen molar-refractivity contribution in [2.24, 2.45) is 0 Å². The number of hydrogen-bond acceptors (Lipinski definition) is 4. The summed E-state index contributed by atoms with van der Waals surface area (Å²) in [7, 11) is 0. The predicted octanol–water partition coefficient (Wildman–Crippen LogP) is 2.86. The summed E-state index contributed by atoms with van der Waals surface area (Å²) in [6.07, 6.45) is 1.87. The first-order valence-electron chi connectivity index (χ1n) is 6.47. The highest BCUT2D eigenvalue weighted by Crippen LogP contribution is 2.28. The summed E-state index contributed by atoms with van der Waals surface area (Å²) in [4.78, 5) is 13.1. The molecule has 1 atom stereocenters. The molecule has 0 fully saturated rings. The minimum Gasteiger partial charge on any atom is -0.348 e. The van der Waals surface area contributed by atoms with Crippen LogP contribution in [0.3, 0.4) is 0 Å². The number of hydrogen-bond donors (Lipinski definition) is 1. The number of halogens is 1. The summed E-state index contributed by atoms with van der Waals surface area (Å²) in [5, 5.41) is 11.0. The molecule has 5 nitrogen and oxygen atoms in total. The molecule has 0 aliphatic rings. The zero-order chi connectivity index (χ0) is 14.8. The number of amides is 1. The predicted molar refractivity (Wildman–Crippen MR) is 82.6 cm³/mol. The molecule has 0 aliphatic heterocycles. The maximum absolute atomic E-state index is 12.2. The summed E-state index contributed by atoms with van der Waals surface area (Å²) in [6.45, 7) is 2.20. The number of thiophene rings is 1. The highest BCUT2D eigenvalue weighted by molar-refractivity contribution is 7.16. The fourth-order valence-corrected chi connectivity index (χ4v) is 3.13. The summed E-state index contributed by atoms with van der Waals surface area (Å²) in [5.74, 6) is 0.415. The third-order valence-corrected chi connectivity index (χ3v) is 4.63. The molecule has 1 N–H and O–H groups in total. The van der Waals surface area contributed by atoms with Crippen molar-refractivity contribution in [3.63, 3.8) is 0 Å². The summed E-state index contributed by atoms with van der Waals surface area (Å²) < 4.78 is 2.54. The molecule has 21 heavy (non-hydrogen) atoms. The number of nitrogens with one attached hydrogen (secondary N) is 1. The van der Waals surface area contributed by atoms with Crippen molar-refractivity contribution in [1.82, 2.24) is 19.9 Å². The minimum atomic E-state index is -0.235. The van der Waals surface area contributed by atoms with E-state index >= 15 is 0 Å². The van der Waals surface area contributed by atoms with E-state index in [2.05, 4.69) is 15.5 Å². The van der Waals surface area contributed by atoms with Gasteiger partial charge in [0, 0.05) is 11.1 Å². The lowest BCUT2D eigenvalue weighted by Crippen LogP contribution is -2.28. The van der Waals surface area contributed by atoms with Crippen LogP contribution in [-0.2, 0) is 11.3 Å². The minimum absolute atomic E-state index is 0.0544. The molecule has 0 aliphatic carbocycles. The van der Waals surface area contributed by atoms with Gasteiger partial charge in [0.25, 0.3) is 0 Å². The summed E-state index contributed by atoms with van der Waals surface area (Å²) >= 11 is 7.32. The third kappa shape index (κ3) is 2.91. The zero-order valence-electron chi connectivity index (χ0n) is 11.3. The standard InChI is InChI=1S/C14H13ClN4OS/c1-9(10-5-6-11(15)21-10)14(20)16-8-13-18-17-12-4-2-3-7-19(12)13/h2-7,9H,8H2,1H3,(H,16,20). The number of carbonyl (C=O) groups excluding carboxylic acids is 1. The second kappa shape index (κ2) is 5.83. The molecule has 1 amide bonds. The van der Waals surface area contributed by atoms with Gasteiger partial charge in [0.2, 0.25) is 5.91 Å². The van der Waals surface area contributed by atoms with E-state index in [1.165, 1.54) is 11.3 Å². The molecular weight excluding hydrogens is 308 g/mol. The number of nitrogens with zero attached hydrogens (tertiary/aromatic N) is 3. The number of carbonyl (C=O) groups is 1. The Morgan fingerprint density at radius 3 is 3.00 bits per heavy atom. The van der Waals surface area contributed by atoms with Crippen LogP contribution >= 0.6 is 22.9 Å². The summed E-state index contributed by atoms with van der Waals surface area (Å²) in [5.41, 5.74) is 0.764. The largest absolute Gasteiger partial charge is 0.348 e. The highest BCUT2D eigenvalue weighted by atomic mass is 35.5. The Balaban J connectivity index is 1.68. The van der Waals surface area contributed by atoms with Gasteiger partial charge in [-0.05, 0) is 31.2 Å². The van der Waals surface area contributed by atoms with Gasteiger partial charge in [-0.2, -0.15) is 0 Å². The topological polar surface area (TPSA) is 59.3 Å². The van der Waals surface area contributed by atoms with Crippen molar-refractivity contribution in [3.05, 3.63) is 51.6 Å². The number of pyridine rings is 1. The van der Waals surface area contributed by atoms with Crippen molar-refractivity contribution >= 4 is 34.5 Å². The molecule has 3 heterocycles. The van der Waals surface area contributed by atoms with Gasteiger partial charge in [-0.3, -0.25) is 9.20 Å². The van der Waals surface area contributed by atoms with Crippen LogP contribution in [0.2, 0.25) is 4.34 Å². The lowest BCUT2D eigenvalue weighted by molar-refractivity contribution is -0.122. The Bertz CT molecular complexity index is 782. The average Bonchev–Trinajstić information content (AvgIpc) is 3.10. The first kappa shape index (κ1) is 14.0. The Hall–Kier alpha value is -1.92. The van der Waals surface area contributed by atoms with Gasteiger partial charge in [0.15, 0.2) is 11.5 Å². The molecule has 0 saturated heterocycles. The van der Waals surface area contributed by atoms with Crippen molar-refractivity contribution in [3.8, 4) is 0 Å². The molecule has 0 bridgehead atoms. The van der Waals surface area contributed by atoms with Gasteiger partial charge >= 0.3 is 0 Å². The normalized spacial score (nSPS) is 12.5. The first-order chi connectivity index (χ1) is 10.1. The third-order valence-electron chi connectivity index (χ3n) is 3.22. The van der Waals surface area contributed by atoms with Crippen LogP contribution in [0, 0.1) is 0 Å². The number of rotatable bonds is 4. The van der Waals surface area contributed by atoms with Gasteiger partial charge in [0.05, 0.1) is 16.8 Å². The van der Waals surface area contributed by atoms with Gasteiger partial charge in [-0.1, -0.05) is 17.7 Å². The molecule has 0 saturated carbocycles. The monoisotopic (exact) mass is 320 g/mol. The van der Waals surface area contributed by atoms with Crippen LogP contribution < -0.4 is 5.32 Å². The summed E-state index contributed by atoms with van der Waals surface area (Å²) in [6, 6.07) is 9.35. The average molecular weight is 321 g/mol. The van der Waals surface area contributed by atoms with E-state index < -0.39 is 0 Å². The Labute approximate surface area is 130 Å². The van der Waals surface area contributed by atoms with E-state index in [4.69, 9.17) is 11.6 Å². The second-order valence-electron chi connectivity index (χ2n) is 4.63. The van der Waals surface area contributed by atoms with Gasteiger partial charge in [-0.25, -0.2) is 0 Å². The molecule has 0 radical (unpaired) electrons. The van der Waals surface area contributed by atoms with E-state index in [0.29, 0.717) is 16.7 Å². The van der Waals surface area contributed by atoms with E-state index in [0.717, 1.165) is 10.5 Å². The molecule has 3 aromatic rings. The van der Waals surface area contributed by atoms with Crippen molar-refractivity contribution in [1.29, 1.82) is 0 Å². The molecule has 0 spiro atoms. The van der Waals surface area contributed by atoms with E-state index in [1.54, 1.807) is 6.07 Å². The quantitative estimate of drug-likeness (QED) is 0.804. The Kier molecular flexibility index (Phi) is 3.90. The van der Waals surface area contributed by atoms with Crippen LogP contribution in [0.5, 0.6) is 0 Å². The Morgan fingerprint density at radius 1 is 1.38 bits per heavy atom. The van der Waals surface area contributed by atoms with Gasteiger partial charge in [-0.15, -0.1) is 21.5 Å². The molecule has 108 valence electrons. The number of aromatic nitrogens is 3. The van der Waals surface area contributed by atoms with E-state index in [-0.39, 0.29) is 11.8 Å². The Morgan fingerprint density at radius 2 is 2.24 bits per heavy atom. The highest BCUT2D eigenvalue weighted by Gasteiger charge is 2.17. The van der Waals surface area contributed by atoms with Crippen LogP contribution in [0.1, 0.15) is 23.5 Å². The van der Waals surface area contributed by atoms with E-state index in [9.17, 15) is 4.79 Å². The van der Waals surface area contributed by atoms with Crippen LogP contribution in [0.4, 0.5) is 0 Å². The van der Waals surface area contributed by atoms with Crippen LogP contribution in [-0.4, -0.2) is 20.5 Å².